The standard InChI is InChI=1S/C9H11NO3/c1-12-6-7-4-3-5-8(10-7)9(11)13-2/h3-5H,6H2,1-2H3. The fraction of sp³-hybridized carbons (Fsp3) is 0.333. The third-order valence-electron chi connectivity index (χ3n) is 1.49. The second-order valence-corrected chi connectivity index (χ2v) is 2.44. The first-order valence-electron chi connectivity index (χ1n) is 3.81. The minimum Gasteiger partial charge on any atom is -0.464 e. The number of hydrogen-bond donors (Lipinski definition) is 0. The average Bonchev–Trinajstić information content (AvgIpc) is 2.18. The molecule has 0 bridgehead atoms. The van der Waals surface area contributed by atoms with Crippen molar-refractivity contribution in [3.63, 3.8) is 0 Å². The Labute approximate surface area is 76.5 Å². The number of pyridine rings is 1. The lowest BCUT2D eigenvalue weighted by atomic mass is 10.3. The van der Waals surface area contributed by atoms with Crippen LogP contribution in [0.3, 0.4) is 0 Å². The van der Waals surface area contributed by atoms with Crippen molar-refractivity contribution in [3.8, 4) is 0 Å². The molecule has 0 aliphatic rings. The van der Waals surface area contributed by atoms with Crippen LogP contribution in [0.25, 0.3) is 0 Å². The smallest absolute Gasteiger partial charge is 0.356 e. The minimum atomic E-state index is -0.432. The first-order valence-corrected chi connectivity index (χ1v) is 3.81. The summed E-state index contributed by atoms with van der Waals surface area (Å²) in [7, 11) is 2.90. The first-order chi connectivity index (χ1) is 6.27. The number of methoxy groups -OCH3 is 2. The maximum Gasteiger partial charge on any atom is 0.356 e. The molecule has 1 aromatic heterocycles. The Balaban J connectivity index is 2.85. The fourth-order valence-corrected chi connectivity index (χ4v) is 0.926. The van der Waals surface area contributed by atoms with Crippen LogP contribution < -0.4 is 0 Å². The number of ether oxygens (including phenoxy) is 2. The molecule has 0 aromatic carbocycles. The normalized spacial score (nSPS) is 9.69. The van der Waals surface area contributed by atoms with Crippen LogP contribution in [0.4, 0.5) is 0 Å². The second kappa shape index (κ2) is 4.57. The Bertz CT molecular complexity index is 299. The molecule has 4 heteroatoms. The summed E-state index contributed by atoms with van der Waals surface area (Å²) in [5.74, 6) is -0.432. The predicted octanol–water partition coefficient (Wildman–Crippen LogP) is 1.01. The Morgan fingerprint density at radius 3 is 2.85 bits per heavy atom. The van der Waals surface area contributed by atoms with E-state index in [1.165, 1.54) is 7.11 Å². The maximum absolute atomic E-state index is 11.0. The molecule has 0 atom stereocenters. The van der Waals surface area contributed by atoms with Crippen LogP contribution in [0.15, 0.2) is 18.2 Å². The molecule has 0 fully saturated rings. The van der Waals surface area contributed by atoms with E-state index in [1.807, 2.05) is 0 Å². The molecule has 0 saturated carbocycles. The molecule has 1 rings (SSSR count). The molecule has 0 aliphatic carbocycles. The third kappa shape index (κ3) is 2.52. The predicted molar refractivity (Wildman–Crippen MR) is 46.3 cm³/mol. The molecule has 4 nitrogen and oxygen atoms in total. The van der Waals surface area contributed by atoms with Crippen LogP contribution >= 0.6 is 0 Å². The van der Waals surface area contributed by atoms with Crippen LogP contribution in [0.5, 0.6) is 0 Å². The van der Waals surface area contributed by atoms with Gasteiger partial charge in [0.15, 0.2) is 0 Å². The van der Waals surface area contributed by atoms with Crippen molar-refractivity contribution in [2.45, 2.75) is 6.61 Å². The van der Waals surface area contributed by atoms with Crippen molar-refractivity contribution in [3.05, 3.63) is 29.6 Å². The van der Waals surface area contributed by atoms with Crippen molar-refractivity contribution in [2.75, 3.05) is 14.2 Å². The highest BCUT2D eigenvalue weighted by atomic mass is 16.5. The quantitative estimate of drug-likeness (QED) is 0.653. The Kier molecular flexibility index (Phi) is 3.40. The highest BCUT2D eigenvalue weighted by molar-refractivity contribution is 5.87. The van der Waals surface area contributed by atoms with Crippen LogP contribution in [-0.4, -0.2) is 25.2 Å². The zero-order valence-electron chi connectivity index (χ0n) is 7.61. The summed E-state index contributed by atoms with van der Waals surface area (Å²) in [4.78, 5) is 15.1. The van der Waals surface area contributed by atoms with Gasteiger partial charge in [0.1, 0.15) is 5.69 Å². The molecule has 13 heavy (non-hydrogen) atoms. The van der Waals surface area contributed by atoms with E-state index in [0.29, 0.717) is 18.0 Å². The number of aromatic nitrogens is 1. The molecular weight excluding hydrogens is 170 g/mol. The Hall–Kier alpha value is -1.42. The highest BCUT2D eigenvalue weighted by Gasteiger charge is 2.06. The highest BCUT2D eigenvalue weighted by Crippen LogP contribution is 2.01. The van der Waals surface area contributed by atoms with E-state index in [-0.39, 0.29) is 0 Å². The molecule has 0 spiro atoms. The number of nitrogens with zero attached hydrogens (tertiary/aromatic N) is 1. The summed E-state index contributed by atoms with van der Waals surface area (Å²) < 4.78 is 9.41. The maximum atomic E-state index is 11.0. The zero-order valence-corrected chi connectivity index (χ0v) is 7.61. The molecule has 0 saturated heterocycles. The molecule has 1 heterocycles. The van der Waals surface area contributed by atoms with E-state index >= 15 is 0 Å². The van der Waals surface area contributed by atoms with Crippen molar-refractivity contribution in [1.82, 2.24) is 4.98 Å². The number of carbonyl (C=O) groups is 1. The van der Waals surface area contributed by atoms with Gasteiger partial charge in [0, 0.05) is 7.11 Å². The molecule has 0 aliphatic heterocycles. The molecule has 0 N–H and O–H groups in total. The molecule has 70 valence electrons. The van der Waals surface area contributed by atoms with Crippen molar-refractivity contribution in [1.29, 1.82) is 0 Å². The Morgan fingerprint density at radius 1 is 1.46 bits per heavy atom. The fourth-order valence-electron chi connectivity index (χ4n) is 0.926. The van der Waals surface area contributed by atoms with Gasteiger partial charge in [0.05, 0.1) is 19.4 Å². The van der Waals surface area contributed by atoms with Gasteiger partial charge in [-0.15, -0.1) is 0 Å². The van der Waals surface area contributed by atoms with E-state index in [1.54, 1.807) is 25.3 Å². The van der Waals surface area contributed by atoms with Gasteiger partial charge < -0.3 is 9.47 Å². The zero-order chi connectivity index (χ0) is 9.68. The topological polar surface area (TPSA) is 48.4 Å². The van der Waals surface area contributed by atoms with Crippen LogP contribution in [0.2, 0.25) is 0 Å². The molecular formula is C9H11NO3. The molecule has 0 amide bonds. The number of hydrogen-bond acceptors (Lipinski definition) is 4. The number of rotatable bonds is 3. The van der Waals surface area contributed by atoms with Gasteiger partial charge >= 0.3 is 5.97 Å². The molecule has 1 aromatic rings. The largest absolute Gasteiger partial charge is 0.464 e. The van der Waals surface area contributed by atoms with Gasteiger partial charge in [0.25, 0.3) is 0 Å². The van der Waals surface area contributed by atoms with E-state index in [9.17, 15) is 4.79 Å². The van der Waals surface area contributed by atoms with Crippen molar-refractivity contribution < 1.29 is 14.3 Å². The molecule has 0 unspecified atom stereocenters. The summed E-state index contributed by atoms with van der Waals surface area (Å²) in [6, 6.07) is 5.13. The van der Waals surface area contributed by atoms with E-state index in [2.05, 4.69) is 9.72 Å². The van der Waals surface area contributed by atoms with Crippen LogP contribution in [0.1, 0.15) is 16.2 Å². The Morgan fingerprint density at radius 2 is 2.23 bits per heavy atom. The van der Waals surface area contributed by atoms with Gasteiger partial charge in [-0.25, -0.2) is 9.78 Å². The summed E-state index contributed by atoms with van der Waals surface area (Å²) in [5.41, 5.74) is 1.02. The third-order valence-corrected chi connectivity index (χ3v) is 1.49. The lowest BCUT2D eigenvalue weighted by Crippen LogP contribution is -2.05. The van der Waals surface area contributed by atoms with Gasteiger partial charge in [-0.3, -0.25) is 0 Å². The molecule has 0 radical (unpaired) electrons. The van der Waals surface area contributed by atoms with Gasteiger partial charge in [-0.05, 0) is 12.1 Å². The average molecular weight is 181 g/mol. The summed E-state index contributed by atoms with van der Waals surface area (Å²) >= 11 is 0. The summed E-state index contributed by atoms with van der Waals surface area (Å²) in [6.07, 6.45) is 0. The van der Waals surface area contributed by atoms with Gasteiger partial charge in [0.2, 0.25) is 0 Å². The van der Waals surface area contributed by atoms with Crippen LogP contribution in [-0.2, 0) is 16.1 Å². The first kappa shape index (κ1) is 9.67. The summed E-state index contributed by atoms with van der Waals surface area (Å²) in [5, 5.41) is 0. The number of carbonyl (C=O) groups excluding carboxylic acids is 1. The minimum absolute atomic E-state index is 0.303. The SMILES string of the molecule is COCc1cccc(C(=O)OC)n1. The van der Waals surface area contributed by atoms with E-state index in [0.717, 1.165) is 0 Å². The lowest BCUT2D eigenvalue weighted by molar-refractivity contribution is 0.0593. The van der Waals surface area contributed by atoms with E-state index < -0.39 is 5.97 Å². The van der Waals surface area contributed by atoms with Crippen molar-refractivity contribution in [2.24, 2.45) is 0 Å². The second-order valence-electron chi connectivity index (χ2n) is 2.44. The summed E-state index contributed by atoms with van der Waals surface area (Å²) in [6.45, 7) is 0.394. The van der Waals surface area contributed by atoms with E-state index in [4.69, 9.17) is 4.74 Å². The van der Waals surface area contributed by atoms with Crippen molar-refractivity contribution >= 4 is 5.97 Å². The van der Waals surface area contributed by atoms with Crippen LogP contribution in [0, 0.1) is 0 Å². The van der Waals surface area contributed by atoms with Gasteiger partial charge in [-0.1, -0.05) is 6.07 Å². The lowest BCUT2D eigenvalue weighted by Gasteiger charge is -2.01. The van der Waals surface area contributed by atoms with Gasteiger partial charge in [-0.2, -0.15) is 0 Å². The monoisotopic (exact) mass is 181 g/mol. The number of esters is 1.